The fourth-order valence-corrected chi connectivity index (χ4v) is 3.12. The summed E-state index contributed by atoms with van der Waals surface area (Å²) in [5.41, 5.74) is 3.20. The lowest BCUT2D eigenvalue weighted by Gasteiger charge is -2.34. The molecule has 1 fully saturated rings. The van der Waals surface area contributed by atoms with Gasteiger partial charge in [-0.3, -0.25) is 4.79 Å². The SMILES string of the molecule is Cc1cccc(N2CCC[C@H](NC(=O)c3cscn3)C2)n1. The minimum atomic E-state index is -0.0831. The van der Waals surface area contributed by atoms with Crippen molar-refractivity contribution in [2.75, 3.05) is 18.0 Å². The molecule has 110 valence electrons. The molecule has 3 heterocycles. The van der Waals surface area contributed by atoms with Crippen LogP contribution in [-0.4, -0.2) is 35.0 Å². The number of nitrogens with zero attached hydrogens (tertiary/aromatic N) is 3. The van der Waals surface area contributed by atoms with E-state index in [1.54, 1.807) is 10.9 Å². The number of nitrogens with one attached hydrogen (secondary N) is 1. The number of hydrogen-bond donors (Lipinski definition) is 1. The Morgan fingerprint density at radius 1 is 1.48 bits per heavy atom. The second-order valence-corrected chi connectivity index (χ2v) is 5.99. The van der Waals surface area contributed by atoms with E-state index in [1.165, 1.54) is 11.3 Å². The van der Waals surface area contributed by atoms with Gasteiger partial charge < -0.3 is 10.2 Å². The normalized spacial score (nSPS) is 18.5. The second-order valence-electron chi connectivity index (χ2n) is 5.27. The molecule has 0 aliphatic carbocycles. The Morgan fingerprint density at radius 3 is 3.14 bits per heavy atom. The third-order valence-corrected chi connectivity index (χ3v) is 4.21. The Labute approximate surface area is 128 Å². The Bertz CT molecular complexity index is 614. The predicted molar refractivity (Wildman–Crippen MR) is 83.8 cm³/mol. The van der Waals surface area contributed by atoms with Crippen molar-refractivity contribution < 1.29 is 4.79 Å². The van der Waals surface area contributed by atoms with E-state index in [-0.39, 0.29) is 11.9 Å². The summed E-state index contributed by atoms with van der Waals surface area (Å²) in [4.78, 5) is 22.9. The quantitative estimate of drug-likeness (QED) is 0.945. The lowest BCUT2D eigenvalue weighted by atomic mass is 10.1. The van der Waals surface area contributed by atoms with Gasteiger partial charge in [0.05, 0.1) is 5.51 Å². The molecule has 1 N–H and O–H groups in total. The number of anilines is 1. The van der Waals surface area contributed by atoms with Gasteiger partial charge in [0.25, 0.3) is 5.91 Å². The summed E-state index contributed by atoms with van der Waals surface area (Å²) in [6, 6.07) is 6.19. The van der Waals surface area contributed by atoms with Gasteiger partial charge in [0.15, 0.2) is 0 Å². The Balaban J connectivity index is 1.64. The maximum absolute atomic E-state index is 12.1. The van der Waals surface area contributed by atoms with Crippen LogP contribution in [0.4, 0.5) is 5.82 Å². The van der Waals surface area contributed by atoms with E-state index in [0.717, 1.165) is 37.4 Å². The Morgan fingerprint density at radius 2 is 2.38 bits per heavy atom. The molecule has 0 bridgehead atoms. The molecule has 2 aromatic rings. The first-order chi connectivity index (χ1) is 10.2. The molecule has 1 amide bonds. The van der Waals surface area contributed by atoms with Gasteiger partial charge in [-0.25, -0.2) is 9.97 Å². The van der Waals surface area contributed by atoms with E-state index < -0.39 is 0 Å². The van der Waals surface area contributed by atoms with Crippen LogP contribution in [0.2, 0.25) is 0 Å². The number of hydrogen-bond acceptors (Lipinski definition) is 5. The minimum absolute atomic E-state index is 0.0831. The van der Waals surface area contributed by atoms with Gasteiger partial charge >= 0.3 is 0 Å². The van der Waals surface area contributed by atoms with Gasteiger partial charge in [-0.15, -0.1) is 11.3 Å². The van der Waals surface area contributed by atoms with E-state index in [4.69, 9.17) is 0 Å². The highest BCUT2D eigenvalue weighted by Gasteiger charge is 2.23. The van der Waals surface area contributed by atoms with Crippen molar-refractivity contribution >= 4 is 23.1 Å². The number of carbonyl (C=O) groups excluding carboxylic acids is 1. The van der Waals surface area contributed by atoms with Gasteiger partial charge in [0, 0.05) is 30.2 Å². The molecule has 0 spiro atoms. The Hall–Kier alpha value is -1.95. The molecule has 0 unspecified atom stereocenters. The van der Waals surface area contributed by atoms with Crippen LogP contribution < -0.4 is 10.2 Å². The molecule has 2 aromatic heterocycles. The summed E-state index contributed by atoms with van der Waals surface area (Å²) in [6.45, 7) is 3.78. The summed E-state index contributed by atoms with van der Waals surface area (Å²) < 4.78 is 0. The molecule has 5 nitrogen and oxygen atoms in total. The number of thiazole rings is 1. The van der Waals surface area contributed by atoms with Crippen molar-refractivity contribution in [1.82, 2.24) is 15.3 Å². The third kappa shape index (κ3) is 3.39. The van der Waals surface area contributed by atoms with E-state index in [0.29, 0.717) is 5.69 Å². The zero-order valence-electron chi connectivity index (χ0n) is 12.0. The van der Waals surface area contributed by atoms with Crippen molar-refractivity contribution in [1.29, 1.82) is 0 Å². The lowest BCUT2D eigenvalue weighted by Crippen LogP contribution is -2.48. The van der Waals surface area contributed by atoms with Crippen LogP contribution in [0.1, 0.15) is 29.0 Å². The van der Waals surface area contributed by atoms with E-state index in [9.17, 15) is 4.79 Å². The van der Waals surface area contributed by atoms with Crippen molar-refractivity contribution in [2.24, 2.45) is 0 Å². The molecule has 1 saturated heterocycles. The minimum Gasteiger partial charge on any atom is -0.355 e. The van der Waals surface area contributed by atoms with Crippen LogP contribution in [0.5, 0.6) is 0 Å². The second kappa shape index (κ2) is 6.22. The van der Waals surface area contributed by atoms with Gasteiger partial charge in [-0.05, 0) is 31.9 Å². The van der Waals surface area contributed by atoms with Crippen LogP contribution >= 0.6 is 11.3 Å². The van der Waals surface area contributed by atoms with E-state index in [1.807, 2.05) is 25.1 Å². The topological polar surface area (TPSA) is 58.1 Å². The molecule has 1 aliphatic heterocycles. The first kappa shape index (κ1) is 14.0. The summed E-state index contributed by atoms with van der Waals surface area (Å²) in [6.07, 6.45) is 2.05. The molecular weight excluding hydrogens is 284 g/mol. The van der Waals surface area contributed by atoms with Crippen molar-refractivity contribution in [3.8, 4) is 0 Å². The fourth-order valence-electron chi connectivity index (χ4n) is 2.59. The molecule has 1 atom stereocenters. The summed E-state index contributed by atoms with van der Waals surface area (Å²) >= 11 is 1.44. The van der Waals surface area contributed by atoms with Gasteiger partial charge in [-0.2, -0.15) is 0 Å². The molecule has 3 rings (SSSR count). The van der Waals surface area contributed by atoms with Crippen LogP contribution in [0.15, 0.2) is 29.1 Å². The van der Waals surface area contributed by atoms with Crippen LogP contribution in [-0.2, 0) is 0 Å². The zero-order chi connectivity index (χ0) is 14.7. The average molecular weight is 302 g/mol. The summed E-state index contributed by atoms with van der Waals surface area (Å²) in [5, 5.41) is 4.85. The number of rotatable bonds is 3. The molecule has 6 heteroatoms. The van der Waals surface area contributed by atoms with E-state index >= 15 is 0 Å². The monoisotopic (exact) mass is 302 g/mol. The van der Waals surface area contributed by atoms with Gasteiger partial charge in [0.1, 0.15) is 11.5 Å². The van der Waals surface area contributed by atoms with Crippen molar-refractivity contribution in [3.63, 3.8) is 0 Å². The standard InChI is InChI=1S/C15H18N4OS/c1-11-4-2-6-14(17-11)19-7-3-5-12(8-19)18-15(20)13-9-21-10-16-13/h2,4,6,9-10,12H,3,5,7-8H2,1H3,(H,18,20)/t12-/m0/s1. The fraction of sp³-hybridized carbons (Fsp3) is 0.400. The highest BCUT2D eigenvalue weighted by Crippen LogP contribution is 2.18. The zero-order valence-corrected chi connectivity index (χ0v) is 12.8. The number of pyridine rings is 1. The Kier molecular flexibility index (Phi) is 4.15. The highest BCUT2D eigenvalue weighted by atomic mass is 32.1. The van der Waals surface area contributed by atoms with Gasteiger partial charge in [0.2, 0.25) is 0 Å². The highest BCUT2D eigenvalue weighted by molar-refractivity contribution is 7.07. The molecule has 0 saturated carbocycles. The number of carbonyl (C=O) groups is 1. The molecular formula is C15H18N4OS. The number of aromatic nitrogens is 2. The maximum Gasteiger partial charge on any atom is 0.271 e. The lowest BCUT2D eigenvalue weighted by molar-refractivity contribution is 0.0929. The molecule has 0 aromatic carbocycles. The summed E-state index contributed by atoms with van der Waals surface area (Å²) in [5.74, 6) is 0.905. The van der Waals surface area contributed by atoms with Crippen molar-refractivity contribution in [2.45, 2.75) is 25.8 Å². The maximum atomic E-state index is 12.1. The smallest absolute Gasteiger partial charge is 0.271 e. The van der Waals surface area contributed by atoms with Crippen molar-refractivity contribution in [3.05, 3.63) is 40.5 Å². The third-order valence-electron chi connectivity index (χ3n) is 3.62. The van der Waals surface area contributed by atoms with Crippen LogP contribution in [0.25, 0.3) is 0 Å². The van der Waals surface area contributed by atoms with E-state index in [2.05, 4.69) is 20.2 Å². The predicted octanol–water partition coefficient (Wildman–Crippen LogP) is 2.25. The van der Waals surface area contributed by atoms with Crippen LogP contribution in [0, 0.1) is 6.92 Å². The molecule has 1 aliphatic rings. The van der Waals surface area contributed by atoms with Gasteiger partial charge in [-0.1, -0.05) is 6.07 Å². The van der Waals surface area contributed by atoms with Crippen LogP contribution in [0.3, 0.4) is 0 Å². The molecule has 0 radical (unpaired) electrons. The average Bonchev–Trinajstić information content (AvgIpc) is 3.02. The first-order valence-electron chi connectivity index (χ1n) is 7.10. The largest absolute Gasteiger partial charge is 0.355 e. The number of amides is 1. The number of aryl methyl sites for hydroxylation is 1. The summed E-state index contributed by atoms with van der Waals surface area (Å²) in [7, 11) is 0. The number of piperidine rings is 1. The molecule has 21 heavy (non-hydrogen) atoms. The first-order valence-corrected chi connectivity index (χ1v) is 8.04.